The van der Waals surface area contributed by atoms with Crippen LogP contribution in [0.2, 0.25) is 0 Å². The number of benzene rings is 1. The Labute approximate surface area is 110 Å². The summed E-state index contributed by atoms with van der Waals surface area (Å²) in [6.45, 7) is 0.922. The van der Waals surface area contributed by atoms with Gasteiger partial charge in [0.2, 0.25) is 0 Å². The predicted molar refractivity (Wildman–Crippen MR) is 72.3 cm³/mol. The SMILES string of the molecule is Nc1cccc2c1OCCN2C(=O)c1ccccn1. The van der Waals surface area contributed by atoms with Crippen LogP contribution in [0.3, 0.4) is 0 Å². The van der Waals surface area contributed by atoms with Gasteiger partial charge in [-0.15, -0.1) is 0 Å². The molecule has 0 fully saturated rings. The first-order chi connectivity index (χ1) is 9.27. The second-order valence-electron chi connectivity index (χ2n) is 4.22. The van der Waals surface area contributed by atoms with Crippen molar-refractivity contribution in [3.8, 4) is 5.75 Å². The lowest BCUT2D eigenvalue weighted by molar-refractivity contribution is 0.0972. The van der Waals surface area contributed by atoms with E-state index in [0.29, 0.717) is 36.0 Å². The highest BCUT2D eigenvalue weighted by Gasteiger charge is 2.26. The van der Waals surface area contributed by atoms with Crippen molar-refractivity contribution in [2.75, 3.05) is 23.8 Å². The van der Waals surface area contributed by atoms with Crippen LogP contribution in [0.25, 0.3) is 0 Å². The van der Waals surface area contributed by atoms with Gasteiger partial charge in [-0.1, -0.05) is 12.1 Å². The average Bonchev–Trinajstić information content (AvgIpc) is 2.47. The van der Waals surface area contributed by atoms with E-state index in [0.717, 1.165) is 0 Å². The summed E-state index contributed by atoms with van der Waals surface area (Å²) in [5.74, 6) is 0.425. The number of nitrogens with two attached hydrogens (primary N) is 1. The van der Waals surface area contributed by atoms with Gasteiger partial charge in [0.05, 0.1) is 17.9 Å². The van der Waals surface area contributed by atoms with Gasteiger partial charge in [-0.05, 0) is 24.3 Å². The van der Waals surface area contributed by atoms with E-state index in [4.69, 9.17) is 10.5 Å². The van der Waals surface area contributed by atoms with Crippen LogP contribution in [0.1, 0.15) is 10.5 Å². The molecule has 1 aromatic carbocycles. The largest absolute Gasteiger partial charge is 0.487 e. The fourth-order valence-corrected chi connectivity index (χ4v) is 2.11. The minimum atomic E-state index is -0.143. The van der Waals surface area contributed by atoms with Crippen molar-refractivity contribution in [1.29, 1.82) is 0 Å². The van der Waals surface area contributed by atoms with E-state index >= 15 is 0 Å². The van der Waals surface area contributed by atoms with Gasteiger partial charge in [0.15, 0.2) is 5.75 Å². The van der Waals surface area contributed by atoms with Crippen LogP contribution in [-0.4, -0.2) is 24.0 Å². The topological polar surface area (TPSA) is 68.5 Å². The van der Waals surface area contributed by atoms with Crippen LogP contribution in [-0.2, 0) is 0 Å². The lowest BCUT2D eigenvalue weighted by atomic mass is 10.2. The molecule has 1 amide bonds. The second-order valence-corrected chi connectivity index (χ2v) is 4.22. The first-order valence-corrected chi connectivity index (χ1v) is 6.01. The summed E-state index contributed by atoms with van der Waals surface area (Å²) in [5, 5.41) is 0. The van der Waals surface area contributed by atoms with E-state index in [1.807, 2.05) is 12.1 Å². The number of hydrogen-bond donors (Lipinski definition) is 1. The van der Waals surface area contributed by atoms with Crippen molar-refractivity contribution in [3.63, 3.8) is 0 Å². The fourth-order valence-electron chi connectivity index (χ4n) is 2.11. The molecule has 0 saturated carbocycles. The number of nitrogens with zero attached hydrogens (tertiary/aromatic N) is 2. The molecule has 0 bridgehead atoms. The molecule has 0 atom stereocenters. The molecule has 0 unspecified atom stereocenters. The number of anilines is 2. The number of hydrogen-bond acceptors (Lipinski definition) is 4. The molecule has 1 aliphatic heterocycles. The highest BCUT2D eigenvalue weighted by molar-refractivity contribution is 6.06. The molecule has 19 heavy (non-hydrogen) atoms. The molecule has 0 aliphatic carbocycles. The van der Waals surface area contributed by atoms with Crippen LogP contribution < -0.4 is 15.4 Å². The predicted octanol–water partition coefficient (Wildman–Crippen LogP) is 1.70. The summed E-state index contributed by atoms with van der Waals surface area (Å²) < 4.78 is 5.53. The molecule has 1 aliphatic rings. The minimum Gasteiger partial charge on any atom is -0.487 e. The maximum Gasteiger partial charge on any atom is 0.277 e. The van der Waals surface area contributed by atoms with Gasteiger partial charge in [-0.2, -0.15) is 0 Å². The Hall–Kier alpha value is -2.56. The molecule has 3 rings (SSSR count). The number of pyridine rings is 1. The Morgan fingerprint density at radius 3 is 2.95 bits per heavy atom. The summed E-state index contributed by atoms with van der Waals surface area (Å²) in [6, 6.07) is 10.7. The summed E-state index contributed by atoms with van der Waals surface area (Å²) in [6.07, 6.45) is 1.61. The number of aromatic nitrogens is 1. The zero-order chi connectivity index (χ0) is 13.2. The highest BCUT2D eigenvalue weighted by atomic mass is 16.5. The normalized spacial score (nSPS) is 13.6. The summed E-state index contributed by atoms with van der Waals surface area (Å²) in [4.78, 5) is 18.2. The molecule has 2 heterocycles. The fraction of sp³-hybridized carbons (Fsp3) is 0.143. The smallest absolute Gasteiger partial charge is 0.277 e. The number of para-hydroxylation sites is 1. The summed E-state index contributed by atoms with van der Waals surface area (Å²) >= 11 is 0. The number of ether oxygens (including phenoxy) is 1. The van der Waals surface area contributed by atoms with Gasteiger partial charge in [0.1, 0.15) is 12.3 Å². The van der Waals surface area contributed by atoms with Crippen LogP contribution >= 0.6 is 0 Å². The molecular formula is C14H13N3O2. The Morgan fingerprint density at radius 1 is 1.26 bits per heavy atom. The molecule has 5 nitrogen and oxygen atoms in total. The number of amides is 1. The van der Waals surface area contributed by atoms with Crippen molar-refractivity contribution in [3.05, 3.63) is 48.3 Å². The Kier molecular flexibility index (Phi) is 2.79. The Balaban J connectivity index is 2.01. The Bertz CT molecular complexity index is 613. The second kappa shape index (κ2) is 4.61. The highest BCUT2D eigenvalue weighted by Crippen LogP contribution is 2.36. The quantitative estimate of drug-likeness (QED) is 0.787. The van der Waals surface area contributed by atoms with E-state index < -0.39 is 0 Å². The molecule has 96 valence electrons. The van der Waals surface area contributed by atoms with Gasteiger partial charge in [0, 0.05) is 6.20 Å². The van der Waals surface area contributed by atoms with Crippen LogP contribution in [0.15, 0.2) is 42.6 Å². The first kappa shape index (κ1) is 11.5. The zero-order valence-corrected chi connectivity index (χ0v) is 10.2. The molecular weight excluding hydrogens is 242 g/mol. The standard InChI is InChI=1S/C14H13N3O2/c15-10-4-3-6-12-13(10)19-9-8-17(12)14(18)11-5-1-2-7-16-11/h1-7H,8-9,15H2. The number of nitrogen functional groups attached to an aromatic ring is 1. The van der Waals surface area contributed by atoms with Gasteiger partial charge in [-0.25, -0.2) is 0 Å². The molecule has 0 spiro atoms. The van der Waals surface area contributed by atoms with Crippen molar-refractivity contribution < 1.29 is 9.53 Å². The monoisotopic (exact) mass is 255 g/mol. The van der Waals surface area contributed by atoms with Crippen LogP contribution in [0.5, 0.6) is 5.75 Å². The van der Waals surface area contributed by atoms with Crippen LogP contribution in [0, 0.1) is 0 Å². The number of rotatable bonds is 1. The van der Waals surface area contributed by atoms with Gasteiger partial charge in [0.25, 0.3) is 5.91 Å². The van der Waals surface area contributed by atoms with E-state index in [2.05, 4.69) is 4.98 Å². The molecule has 2 N–H and O–H groups in total. The minimum absolute atomic E-state index is 0.143. The number of carbonyl (C=O) groups is 1. The molecule has 0 saturated heterocycles. The Morgan fingerprint density at radius 2 is 2.16 bits per heavy atom. The lowest BCUT2D eigenvalue weighted by Gasteiger charge is -2.29. The number of carbonyl (C=O) groups excluding carboxylic acids is 1. The van der Waals surface area contributed by atoms with E-state index in [9.17, 15) is 4.79 Å². The van der Waals surface area contributed by atoms with Crippen molar-refractivity contribution in [2.24, 2.45) is 0 Å². The molecule has 5 heteroatoms. The third kappa shape index (κ3) is 1.99. The molecule has 2 aromatic rings. The maximum absolute atomic E-state index is 12.4. The third-order valence-corrected chi connectivity index (χ3v) is 3.01. The van der Waals surface area contributed by atoms with Crippen molar-refractivity contribution >= 4 is 17.3 Å². The third-order valence-electron chi connectivity index (χ3n) is 3.01. The van der Waals surface area contributed by atoms with Gasteiger partial charge >= 0.3 is 0 Å². The van der Waals surface area contributed by atoms with E-state index in [1.165, 1.54) is 0 Å². The van der Waals surface area contributed by atoms with E-state index in [1.54, 1.807) is 35.4 Å². The summed E-state index contributed by atoms with van der Waals surface area (Å²) in [5.41, 5.74) is 7.51. The van der Waals surface area contributed by atoms with Gasteiger partial charge in [-0.3, -0.25) is 9.78 Å². The molecule has 1 aromatic heterocycles. The number of fused-ring (bicyclic) bond motifs is 1. The summed E-state index contributed by atoms with van der Waals surface area (Å²) in [7, 11) is 0. The first-order valence-electron chi connectivity index (χ1n) is 6.01. The maximum atomic E-state index is 12.4. The van der Waals surface area contributed by atoms with Crippen molar-refractivity contribution in [2.45, 2.75) is 0 Å². The van der Waals surface area contributed by atoms with Crippen molar-refractivity contribution in [1.82, 2.24) is 4.98 Å². The lowest BCUT2D eigenvalue weighted by Crippen LogP contribution is -2.38. The van der Waals surface area contributed by atoms with Crippen LogP contribution in [0.4, 0.5) is 11.4 Å². The zero-order valence-electron chi connectivity index (χ0n) is 10.2. The average molecular weight is 255 g/mol. The molecule has 0 radical (unpaired) electrons. The van der Waals surface area contributed by atoms with Gasteiger partial charge < -0.3 is 15.4 Å². The van der Waals surface area contributed by atoms with E-state index in [-0.39, 0.29) is 5.91 Å².